The fourth-order valence-electron chi connectivity index (χ4n) is 2.84. The molecule has 0 amide bonds. The summed E-state index contributed by atoms with van der Waals surface area (Å²) in [7, 11) is 0. The molecule has 0 atom stereocenters. The number of benzene rings is 3. The van der Waals surface area contributed by atoms with E-state index in [-0.39, 0.29) is 12.4 Å². The SMILES string of the molecule is [Cl-].c1ccc([CH2][Sn+]([CH2]c2ccccc2)[CH2]c2ccccc2)cc1. The molecule has 0 unspecified atom stereocenters. The molecule has 3 aromatic rings. The van der Waals surface area contributed by atoms with Gasteiger partial charge in [0.15, 0.2) is 0 Å². The van der Waals surface area contributed by atoms with Crippen LogP contribution in [0.1, 0.15) is 16.7 Å². The van der Waals surface area contributed by atoms with Crippen LogP contribution in [0.15, 0.2) is 91.0 Å². The van der Waals surface area contributed by atoms with Gasteiger partial charge >= 0.3 is 141 Å². The van der Waals surface area contributed by atoms with Crippen LogP contribution in [0.3, 0.4) is 0 Å². The van der Waals surface area contributed by atoms with Gasteiger partial charge in [0.1, 0.15) is 0 Å². The van der Waals surface area contributed by atoms with Crippen LogP contribution < -0.4 is 12.4 Å². The summed E-state index contributed by atoms with van der Waals surface area (Å²) in [5.41, 5.74) is 4.55. The van der Waals surface area contributed by atoms with E-state index in [0.717, 1.165) is 0 Å². The Labute approximate surface area is 152 Å². The van der Waals surface area contributed by atoms with Gasteiger partial charge in [-0.2, -0.15) is 0 Å². The van der Waals surface area contributed by atoms with Crippen LogP contribution in [0.25, 0.3) is 0 Å². The molecule has 0 heterocycles. The van der Waals surface area contributed by atoms with Gasteiger partial charge in [0, 0.05) is 0 Å². The molecule has 0 aliphatic rings. The number of hydrogen-bond acceptors (Lipinski definition) is 0. The second-order valence-corrected chi connectivity index (χ2v) is 13.0. The molecule has 116 valence electrons. The zero-order chi connectivity index (χ0) is 15.0. The molecule has 0 saturated carbocycles. The van der Waals surface area contributed by atoms with Crippen molar-refractivity contribution in [3.05, 3.63) is 108 Å². The van der Waals surface area contributed by atoms with Crippen molar-refractivity contribution in [2.45, 2.75) is 13.3 Å². The van der Waals surface area contributed by atoms with E-state index >= 15 is 0 Å². The Bertz CT molecular complexity index is 569. The Morgan fingerprint density at radius 1 is 0.435 bits per heavy atom. The Hall–Kier alpha value is -1.25. The molecule has 0 nitrogen and oxygen atoms in total. The van der Waals surface area contributed by atoms with Crippen molar-refractivity contribution in [2.24, 2.45) is 0 Å². The Kier molecular flexibility index (Phi) is 7.70. The molecular weight excluding hydrogens is 406 g/mol. The minimum absolute atomic E-state index is 0. The fourth-order valence-corrected chi connectivity index (χ4v) is 10.9. The first-order valence-electron chi connectivity index (χ1n) is 7.85. The van der Waals surface area contributed by atoms with Crippen LogP contribution in [0.5, 0.6) is 0 Å². The summed E-state index contributed by atoms with van der Waals surface area (Å²) in [6, 6.07) is 33.1. The average molecular weight is 428 g/mol. The molecule has 0 aliphatic carbocycles. The third-order valence-corrected chi connectivity index (χ3v) is 11.7. The molecule has 3 aromatic carbocycles. The van der Waals surface area contributed by atoms with Crippen molar-refractivity contribution >= 4 is 19.8 Å². The van der Waals surface area contributed by atoms with Crippen LogP contribution in [0, 0.1) is 0 Å². The zero-order valence-corrected chi connectivity index (χ0v) is 16.8. The van der Waals surface area contributed by atoms with Crippen LogP contribution in [0.2, 0.25) is 0 Å². The summed E-state index contributed by atoms with van der Waals surface area (Å²) in [6.45, 7) is 0. The standard InChI is InChI=1S/3C7H7.ClH.Sn/c3*1-7-5-3-2-4-6-7;;/h3*2-6H,1H2;1H;/q;;;;+1/p-1. The fraction of sp³-hybridized carbons (Fsp3) is 0.143. The minimum atomic E-state index is -1.56. The summed E-state index contributed by atoms with van der Waals surface area (Å²) in [6.07, 6.45) is 0. The Morgan fingerprint density at radius 2 is 0.696 bits per heavy atom. The van der Waals surface area contributed by atoms with Crippen molar-refractivity contribution in [3.63, 3.8) is 0 Å². The molecule has 0 aliphatic heterocycles. The van der Waals surface area contributed by atoms with Crippen molar-refractivity contribution in [1.82, 2.24) is 0 Å². The first kappa shape index (κ1) is 18.1. The summed E-state index contributed by atoms with van der Waals surface area (Å²) in [5.74, 6) is 0. The zero-order valence-electron chi connectivity index (χ0n) is 13.2. The van der Waals surface area contributed by atoms with Gasteiger partial charge in [-0.15, -0.1) is 0 Å². The van der Waals surface area contributed by atoms with Gasteiger partial charge in [-0.1, -0.05) is 0 Å². The molecule has 0 aromatic heterocycles. The average Bonchev–Trinajstić information content (AvgIpc) is 2.57. The van der Waals surface area contributed by atoms with E-state index in [0.29, 0.717) is 0 Å². The molecule has 23 heavy (non-hydrogen) atoms. The number of rotatable bonds is 6. The third-order valence-electron chi connectivity index (χ3n) is 3.89. The maximum atomic E-state index is 2.29. The van der Waals surface area contributed by atoms with E-state index in [1.54, 1.807) is 0 Å². The van der Waals surface area contributed by atoms with Crippen LogP contribution in [-0.2, 0) is 13.3 Å². The van der Waals surface area contributed by atoms with Crippen LogP contribution in [-0.4, -0.2) is 19.8 Å². The van der Waals surface area contributed by atoms with Crippen molar-refractivity contribution < 1.29 is 12.4 Å². The van der Waals surface area contributed by atoms with Gasteiger partial charge in [0.2, 0.25) is 0 Å². The quantitative estimate of drug-likeness (QED) is 0.527. The molecule has 0 saturated heterocycles. The summed E-state index contributed by atoms with van der Waals surface area (Å²) in [5, 5.41) is 0. The maximum absolute atomic E-state index is 2.29. The Balaban J connectivity index is 0.00000192. The van der Waals surface area contributed by atoms with Crippen LogP contribution >= 0.6 is 0 Å². The van der Waals surface area contributed by atoms with Crippen molar-refractivity contribution in [1.29, 1.82) is 0 Å². The predicted octanol–water partition coefficient (Wildman–Crippen LogP) is 1.83. The first-order chi connectivity index (χ1) is 10.9. The van der Waals surface area contributed by atoms with E-state index in [9.17, 15) is 0 Å². The van der Waals surface area contributed by atoms with Gasteiger partial charge in [-0.05, 0) is 0 Å². The molecule has 0 N–H and O–H groups in total. The first-order valence-corrected chi connectivity index (χ1v) is 13.9. The van der Waals surface area contributed by atoms with E-state index in [1.807, 2.05) is 0 Å². The molecular formula is C21H21ClSn. The monoisotopic (exact) mass is 428 g/mol. The van der Waals surface area contributed by atoms with E-state index < -0.39 is 19.8 Å². The van der Waals surface area contributed by atoms with Crippen LogP contribution in [0.4, 0.5) is 0 Å². The van der Waals surface area contributed by atoms with E-state index in [1.165, 1.54) is 30.0 Å². The van der Waals surface area contributed by atoms with Crippen molar-refractivity contribution in [2.75, 3.05) is 0 Å². The molecule has 0 bridgehead atoms. The van der Waals surface area contributed by atoms with Gasteiger partial charge in [-0.25, -0.2) is 0 Å². The van der Waals surface area contributed by atoms with Gasteiger partial charge < -0.3 is 12.4 Å². The third kappa shape index (κ3) is 6.04. The second-order valence-electron chi connectivity index (χ2n) is 5.74. The number of hydrogen-bond donors (Lipinski definition) is 0. The molecule has 0 spiro atoms. The Morgan fingerprint density at radius 3 is 0.957 bits per heavy atom. The molecule has 0 radical (unpaired) electrons. The topological polar surface area (TPSA) is 0 Å². The molecule has 2 heteroatoms. The predicted molar refractivity (Wildman–Crippen MR) is 96.2 cm³/mol. The summed E-state index contributed by atoms with van der Waals surface area (Å²) >= 11 is -1.56. The van der Waals surface area contributed by atoms with Gasteiger partial charge in [-0.3, -0.25) is 0 Å². The summed E-state index contributed by atoms with van der Waals surface area (Å²) in [4.78, 5) is 0. The summed E-state index contributed by atoms with van der Waals surface area (Å²) < 4.78 is 3.98. The molecule has 0 fully saturated rings. The van der Waals surface area contributed by atoms with Gasteiger partial charge in [0.25, 0.3) is 0 Å². The van der Waals surface area contributed by atoms with E-state index in [4.69, 9.17) is 0 Å². The number of halogens is 1. The van der Waals surface area contributed by atoms with Crippen molar-refractivity contribution in [3.8, 4) is 0 Å². The molecule has 3 rings (SSSR count). The normalized spacial score (nSPS) is 9.91. The van der Waals surface area contributed by atoms with Gasteiger partial charge in [0.05, 0.1) is 0 Å². The second kappa shape index (κ2) is 9.79. The van der Waals surface area contributed by atoms with E-state index in [2.05, 4.69) is 91.0 Å².